The van der Waals surface area contributed by atoms with Gasteiger partial charge < -0.3 is 19.9 Å². The van der Waals surface area contributed by atoms with Gasteiger partial charge in [-0.3, -0.25) is 4.90 Å². The van der Waals surface area contributed by atoms with Crippen molar-refractivity contribution >= 4 is 0 Å². The molecule has 0 saturated carbocycles. The highest BCUT2D eigenvalue weighted by Gasteiger charge is 2.25. The van der Waals surface area contributed by atoms with E-state index in [1.165, 1.54) is 0 Å². The number of benzene rings is 1. The molecular weight excluding hydrogens is 268 g/mol. The van der Waals surface area contributed by atoms with Gasteiger partial charge in [-0.05, 0) is 30.2 Å². The summed E-state index contributed by atoms with van der Waals surface area (Å²) >= 11 is 0. The highest BCUT2D eigenvalue weighted by Crippen LogP contribution is 2.43. The number of likely N-dealkylation sites (N-methyl/N-ethyl adjacent to an activating group) is 1. The van der Waals surface area contributed by atoms with E-state index in [1.807, 2.05) is 12.1 Å². The quantitative estimate of drug-likeness (QED) is 0.837. The third-order valence-electron chi connectivity index (χ3n) is 3.74. The van der Waals surface area contributed by atoms with Crippen LogP contribution in [0.5, 0.6) is 17.2 Å². The number of nitrogens with zero attached hydrogens (tertiary/aromatic N) is 1. The SMILES string of the molecule is CCN(CC(C)C)C(CN)c1cc(OC)c2c(c1)OCO2. The Labute approximate surface area is 127 Å². The lowest BCUT2D eigenvalue weighted by Gasteiger charge is -2.31. The first-order valence-corrected chi connectivity index (χ1v) is 7.52. The van der Waals surface area contributed by atoms with Crippen LogP contribution in [0.1, 0.15) is 32.4 Å². The molecule has 2 rings (SSSR count). The number of nitrogens with two attached hydrogens (primary N) is 1. The summed E-state index contributed by atoms with van der Waals surface area (Å²) in [5.41, 5.74) is 7.15. The van der Waals surface area contributed by atoms with E-state index in [-0.39, 0.29) is 12.8 Å². The zero-order valence-corrected chi connectivity index (χ0v) is 13.4. The molecule has 1 aliphatic rings. The van der Waals surface area contributed by atoms with Crippen molar-refractivity contribution in [2.45, 2.75) is 26.8 Å². The van der Waals surface area contributed by atoms with Crippen LogP contribution in [0, 0.1) is 5.92 Å². The van der Waals surface area contributed by atoms with Crippen LogP contribution in [-0.4, -0.2) is 38.4 Å². The maximum atomic E-state index is 6.04. The minimum absolute atomic E-state index is 0.154. The molecule has 1 aromatic carbocycles. The molecule has 1 unspecified atom stereocenters. The topological polar surface area (TPSA) is 57.0 Å². The van der Waals surface area contributed by atoms with Crippen molar-refractivity contribution < 1.29 is 14.2 Å². The highest BCUT2D eigenvalue weighted by atomic mass is 16.7. The number of rotatable bonds is 7. The number of fused-ring (bicyclic) bond motifs is 1. The molecular formula is C16H26N2O3. The van der Waals surface area contributed by atoms with Crippen LogP contribution in [0.15, 0.2) is 12.1 Å². The molecule has 5 heteroatoms. The van der Waals surface area contributed by atoms with Crippen LogP contribution in [0.25, 0.3) is 0 Å². The van der Waals surface area contributed by atoms with Crippen molar-refractivity contribution in [3.8, 4) is 17.2 Å². The van der Waals surface area contributed by atoms with Gasteiger partial charge >= 0.3 is 0 Å². The molecule has 1 aromatic rings. The molecule has 0 spiro atoms. The molecule has 0 radical (unpaired) electrons. The van der Waals surface area contributed by atoms with Gasteiger partial charge in [-0.15, -0.1) is 0 Å². The molecule has 5 nitrogen and oxygen atoms in total. The summed E-state index contributed by atoms with van der Waals surface area (Å²) in [5, 5.41) is 0. The summed E-state index contributed by atoms with van der Waals surface area (Å²) in [6.07, 6.45) is 0. The molecule has 0 amide bonds. The predicted molar refractivity (Wildman–Crippen MR) is 83.0 cm³/mol. The fraction of sp³-hybridized carbons (Fsp3) is 0.625. The van der Waals surface area contributed by atoms with E-state index in [2.05, 4.69) is 25.7 Å². The molecule has 0 bridgehead atoms. The van der Waals surface area contributed by atoms with Gasteiger partial charge in [0.1, 0.15) is 0 Å². The Morgan fingerprint density at radius 1 is 1.33 bits per heavy atom. The lowest BCUT2D eigenvalue weighted by atomic mass is 10.0. The fourth-order valence-corrected chi connectivity index (χ4v) is 2.78. The van der Waals surface area contributed by atoms with E-state index in [9.17, 15) is 0 Å². The normalized spacial score (nSPS) is 14.8. The third kappa shape index (κ3) is 3.41. The lowest BCUT2D eigenvalue weighted by Crippen LogP contribution is -2.36. The minimum Gasteiger partial charge on any atom is -0.493 e. The largest absolute Gasteiger partial charge is 0.493 e. The number of methoxy groups -OCH3 is 1. The fourth-order valence-electron chi connectivity index (χ4n) is 2.78. The molecule has 2 N–H and O–H groups in total. The van der Waals surface area contributed by atoms with Crippen LogP contribution >= 0.6 is 0 Å². The van der Waals surface area contributed by atoms with Crippen molar-refractivity contribution in [3.05, 3.63) is 17.7 Å². The molecule has 0 aliphatic carbocycles. The van der Waals surface area contributed by atoms with Gasteiger partial charge in [0.2, 0.25) is 12.5 Å². The predicted octanol–water partition coefficient (Wildman–Crippen LogP) is 2.40. The molecule has 0 saturated heterocycles. The monoisotopic (exact) mass is 294 g/mol. The first-order chi connectivity index (χ1) is 10.1. The van der Waals surface area contributed by atoms with Crippen molar-refractivity contribution in [1.82, 2.24) is 4.90 Å². The molecule has 1 atom stereocenters. The van der Waals surface area contributed by atoms with Gasteiger partial charge in [-0.1, -0.05) is 20.8 Å². The molecule has 0 fully saturated rings. The highest BCUT2D eigenvalue weighted by molar-refractivity contribution is 5.55. The van der Waals surface area contributed by atoms with Crippen molar-refractivity contribution in [1.29, 1.82) is 0 Å². The standard InChI is InChI=1S/C16H26N2O3/c1-5-18(9-11(2)3)13(8-17)12-6-14(19-4)16-15(7-12)20-10-21-16/h6-7,11,13H,5,8-10,17H2,1-4H3. The Kier molecular flexibility index (Phi) is 5.31. The molecule has 118 valence electrons. The van der Waals surface area contributed by atoms with Crippen LogP contribution in [-0.2, 0) is 0 Å². The van der Waals surface area contributed by atoms with Gasteiger partial charge in [0.25, 0.3) is 0 Å². The summed E-state index contributed by atoms with van der Waals surface area (Å²) in [5.74, 6) is 2.72. The van der Waals surface area contributed by atoms with E-state index >= 15 is 0 Å². The number of ether oxygens (including phenoxy) is 3. The zero-order chi connectivity index (χ0) is 15.4. The smallest absolute Gasteiger partial charge is 0.231 e. The van der Waals surface area contributed by atoms with E-state index in [0.717, 1.165) is 24.4 Å². The lowest BCUT2D eigenvalue weighted by molar-refractivity contribution is 0.171. The van der Waals surface area contributed by atoms with Gasteiger partial charge in [0.15, 0.2) is 11.5 Å². The summed E-state index contributed by atoms with van der Waals surface area (Å²) in [4.78, 5) is 2.39. The van der Waals surface area contributed by atoms with Crippen LogP contribution in [0.4, 0.5) is 0 Å². The maximum Gasteiger partial charge on any atom is 0.231 e. The summed E-state index contributed by atoms with van der Waals surface area (Å²) in [7, 11) is 1.64. The van der Waals surface area contributed by atoms with E-state index in [0.29, 0.717) is 24.0 Å². The van der Waals surface area contributed by atoms with Gasteiger partial charge in [0, 0.05) is 19.1 Å². The molecule has 1 heterocycles. The minimum atomic E-state index is 0.154. The Bertz CT molecular complexity index is 477. The molecule has 21 heavy (non-hydrogen) atoms. The first-order valence-electron chi connectivity index (χ1n) is 7.52. The Balaban J connectivity index is 2.33. The van der Waals surface area contributed by atoms with Crippen LogP contribution in [0.3, 0.4) is 0 Å². The van der Waals surface area contributed by atoms with Crippen molar-refractivity contribution in [2.75, 3.05) is 33.5 Å². The summed E-state index contributed by atoms with van der Waals surface area (Å²) in [6.45, 7) is 9.36. The van der Waals surface area contributed by atoms with E-state index in [4.69, 9.17) is 19.9 Å². The second-order valence-corrected chi connectivity index (χ2v) is 5.69. The van der Waals surface area contributed by atoms with Crippen molar-refractivity contribution in [3.63, 3.8) is 0 Å². The zero-order valence-electron chi connectivity index (χ0n) is 13.4. The molecule has 0 aromatic heterocycles. The van der Waals surface area contributed by atoms with E-state index < -0.39 is 0 Å². The van der Waals surface area contributed by atoms with Crippen LogP contribution in [0.2, 0.25) is 0 Å². The van der Waals surface area contributed by atoms with Crippen molar-refractivity contribution in [2.24, 2.45) is 11.7 Å². The average Bonchev–Trinajstić information content (AvgIpc) is 2.94. The number of hydrogen-bond donors (Lipinski definition) is 1. The average molecular weight is 294 g/mol. The van der Waals surface area contributed by atoms with Gasteiger partial charge in [-0.2, -0.15) is 0 Å². The second kappa shape index (κ2) is 7.00. The Hall–Kier alpha value is -1.46. The summed E-state index contributed by atoms with van der Waals surface area (Å²) in [6, 6.07) is 4.18. The maximum absolute atomic E-state index is 6.04. The second-order valence-electron chi connectivity index (χ2n) is 5.69. The van der Waals surface area contributed by atoms with Crippen LogP contribution < -0.4 is 19.9 Å². The first kappa shape index (κ1) is 15.9. The van der Waals surface area contributed by atoms with Gasteiger partial charge in [-0.25, -0.2) is 0 Å². The molecule has 1 aliphatic heterocycles. The summed E-state index contributed by atoms with van der Waals surface area (Å²) < 4.78 is 16.4. The Morgan fingerprint density at radius 2 is 2.10 bits per heavy atom. The number of hydrogen-bond acceptors (Lipinski definition) is 5. The third-order valence-corrected chi connectivity index (χ3v) is 3.74. The van der Waals surface area contributed by atoms with Gasteiger partial charge in [0.05, 0.1) is 7.11 Å². The van der Waals surface area contributed by atoms with E-state index in [1.54, 1.807) is 7.11 Å². The Morgan fingerprint density at radius 3 is 2.67 bits per heavy atom.